The monoisotopic (exact) mass is 230 g/mol. The molecule has 2 fully saturated rings. The van der Waals surface area contributed by atoms with Crippen LogP contribution in [0.1, 0.15) is 32.1 Å². The Balaban J connectivity index is 1.69. The fourth-order valence-corrected chi connectivity index (χ4v) is 3.46. The van der Waals surface area contributed by atoms with E-state index in [1.807, 2.05) is 0 Å². The van der Waals surface area contributed by atoms with E-state index >= 15 is 0 Å². The van der Waals surface area contributed by atoms with Gasteiger partial charge in [-0.05, 0) is 43.9 Å². The number of benzene rings is 1. The minimum atomic E-state index is 0.670. The molecule has 2 N–H and O–H groups in total. The van der Waals surface area contributed by atoms with Crippen LogP contribution in [0.3, 0.4) is 0 Å². The lowest BCUT2D eigenvalue weighted by atomic mass is 9.76. The highest BCUT2D eigenvalue weighted by molar-refractivity contribution is 5.43. The molecule has 0 radical (unpaired) electrons. The van der Waals surface area contributed by atoms with Gasteiger partial charge in [-0.15, -0.1) is 0 Å². The number of anilines is 1. The first-order chi connectivity index (χ1) is 8.43. The van der Waals surface area contributed by atoms with Gasteiger partial charge in [0.15, 0.2) is 0 Å². The molecule has 0 bridgehead atoms. The minimum absolute atomic E-state index is 0.670. The van der Waals surface area contributed by atoms with Crippen molar-refractivity contribution in [1.82, 2.24) is 5.32 Å². The van der Waals surface area contributed by atoms with Crippen LogP contribution in [-0.2, 0) is 0 Å². The molecule has 1 aliphatic heterocycles. The Morgan fingerprint density at radius 2 is 1.82 bits per heavy atom. The highest BCUT2D eigenvalue weighted by atomic mass is 15.0. The number of hydrogen-bond acceptors (Lipinski definition) is 2. The second-order valence-electron chi connectivity index (χ2n) is 5.41. The first-order valence-electron chi connectivity index (χ1n) is 6.98. The molecule has 1 aromatic rings. The lowest BCUT2D eigenvalue weighted by Crippen LogP contribution is -2.52. The van der Waals surface area contributed by atoms with E-state index in [9.17, 15) is 0 Å². The minimum Gasteiger partial charge on any atom is -0.382 e. The number of rotatable bonds is 2. The van der Waals surface area contributed by atoms with Crippen LogP contribution in [0.5, 0.6) is 0 Å². The number of piperidine rings is 1. The van der Waals surface area contributed by atoms with Gasteiger partial charge >= 0.3 is 0 Å². The summed E-state index contributed by atoms with van der Waals surface area (Å²) in [6.45, 7) is 1.17. The van der Waals surface area contributed by atoms with Gasteiger partial charge in [0.25, 0.3) is 0 Å². The summed E-state index contributed by atoms with van der Waals surface area (Å²) in [5, 5.41) is 7.44. The maximum Gasteiger partial charge on any atom is 0.0342 e. The Morgan fingerprint density at radius 1 is 1.00 bits per heavy atom. The standard InChI is InChI=1S/C15H22N2/c1-2-6-12(7-3-1)17-15-10-11-16-14-9-5-4-8-13(14)15/h1-3,6-7,13-17H,4-5,8-11H2. The van der Waals surface area contributed by atoms with Crippen LogP contribution in [-0.4, -0.2) is 18.6 Å². The quantitative estimate of drug-likeness (QED) is 0.816. The van der Waals surface area contributed by atoms with Crippen LogP contribution in [0.15, 0.2) is 30.3 Å². The zero-order valence-electron chi connectivity index (χ0n) is 10.4. The highest BCUT2D eigenvalue weighted by Crippen LogP contribution is 2.32. The maximum absolute atomic E-state index is 3.74. The van der Waals surface area contributed by atoms with E-state index in [1.54, 1.807) is 0 Å². The Kier molecular flexibility index (Phi) is 3.32. The largest absolute Gasteiger partial charge is 0.382 e. The smallest absolute Gasteiger partial charge is 0.0342 e. The van der Waals surface area contributed by atoms with Gasteiger partial charge in [-0.25, -0.2) is 0 Å². The van der Waals surface area contributed by atoms with Crippen molar-refractivity contribution < 1.29 is 0 Å². The molecule has 2 nitrogen and oxygen atoms in total. The van der Waals surface area contributed by atoms with Crippen LogP contribution in [0, 0.1) is 5.92 Å². The van der Waals surface area contributed by atoms with Gasteiger partial charge in [0.05, 0.1) is 0 Å². The van der Waals surface area contributed by atoms with Crippen LogP contribution >= 0.6 is 0 Å². The Morgan fingerprint density at radius 3 is 2.71 bits per heavy atom. The predicted octanol–water partition coefficient (Wildman–Crippen LogP) is 3.02. The molecule has 3 rings (SSSR count). The molecule has 1 aromatic carbocycles. The van der Waals surface area contributed by atoms with Crippen molar-refractivity contribution in [3.05, 3.63) is 30.3 Å². The Hall–Kier alpha value is -1.02. The molecule has 2 aliphatic rings. The molecule has 1 saturated carbocycles. The third-order valence-electron chi connectivity index (χ3n) is 4.32. The van der Waals surface area contributed by atoms with E-state index < -0.39 is 0 Å². The van der Waals surface area contributed by atoms with Gasteiger partial charge in [0, 0.05) is 17.8 Å². The summed E-state index contributed by atoms with van der Waals surface area (Å²) in [4.78, 5) is 0. The van der Waals surface area contributed by atoms with Gasteiger partial charge in [-0.3, -0.25) is 0 Å². The summed E-state index contributed by atoms with van der Waals surface area (Å²) in [5.74, 6) is 0.831. The molecular weight excluding hydrogens is 208 g/mol. The normalized spacial score (nSPS) is 32.8. The Labute approximate surface area is 104 Å². The first-order valence-corrected chi connectivity index (χ1v) is 6.98. The molecule has 0 aromatic heterocycles. The SMILES string of the molecule is c1ccc(NC2CCNC3CCCCC32)cc1. The van der Waals surface area contributed by atoms with Crippen LogP contribution < -0.4 is 10.6 Å². The zero-order valence-corrected chi connectivity index (χ0v) is 10.4. The van der Waals surface area contributed by atoms with Crippen molar-refractivity contribution in [1.29, 1.82) is 0 Å². The molecule has 0 spiro atoms. The lowest BCUT2D eigenvalue weighted by molar-refractivity contribution is 0.194. The van der Waals surface area contributed by atoms with Gasteiger partial charge in [0.1, 0.15) is 0 Å². The van der Waals surface area contributed by atoms with Crippen molar-refractivity contribution in [3.63, 3.8) is 0 Å². The second-order valence-corrected chi connectivity index (χ2v) is 5.41. The summed E-state index contributed by atoms with van der Waals surface area (Å²) < 4.78 is 0. The zero-order chi connectivity index (χ0) is 11.5. The van der Waals surface area contributed by atoms with Crippen LogP contribution in [0.25, 0.3) is 0 Å². The number of hydrogen-bond donors (Lipinski definition) is 2. The van der Waals surface area contributed by atoms with E-state index in [4.69, 9.17) is 0 Å². The van der Waals surface area contributed by atoms with Gasteiger partial charge < -0.3 is 10.6 Å². The number of fused-ring (bicyclic) bond motifs is 1. The van der Waals surface area contributed by atoms with Gasteiger partial charge in [-0.2, -0.15) is 0 Å². The molecule has 2 heteroatoms. The van der Waals surface area contributed by atoms with E-state index in [0.717, 1.165) is 12.0 Å². The van der Waals surface area contributed by atoms with Gasteiger partial charge in [0.2, 0.25) is 0 Å². The van der Waals surface area contributed by atoms with Crippen molar-refractivity contribution in [3.8, 4) is 0 Å². The van der Waals surface area contributed by atoms with Crippen molar-refractivity contribution in [2.24, 2.45) is 5.92 Å². The topological polar surface area (TPSA) is 24.1 Å². The van der Waals surface area contributed by atoms with Crippen molar-refractivity contribution in [2.75, 3.05) is 11.9 Å². The molecule has 1 aliphatic carbocycles. The molecule has 3 unspecified atom stereocenters. The fraction of sp³-hybridized carbons (Fsp3) is 0.600. The van der Waals surface area contributed by atoms with E-state index in [-0.39, 0.29) is 0 Å². The number of nitrogens with one attached hydrogen (secondary N) is 2. The summed E-state index contributed by atoms with van der Waals surface area (Å²) in [5.41, 5.74) is 1.28. The molecule has 17 heavy (non-hydrogen) atoms. The second kappa shape index (κ2) is 5.09. The fourth-order valence-electron chi connectivity index (χ4n) is 3.46. The Bertz CT molecular complexity index is 347. The molecule has 0 amide bonds. The van der Waals surface area contributed by atoms with E-state index in [0.29, 0.717) is 6.04 Å². The maximum atomic E-state index is 3.74. The van der Waals surface area contributed by atoms with Crippen LogP contribution in [0.4, 0.5) is 5.69 Å². The summed E-state index contributed by atoms with van der Waals surface area (Å²) in [7, 11) is 0. The summed E-state index contributed by atoms with van der Waals surface area (Å²) in [6.07, 6.45) is 6.85. The highest BCUT2D eigenvalue weighted by Gasteiger charge is 2.34. The van der Waals surface area contributed by atoms with E-state index in [1.165, 1.54) is 44.3 Å². The first kappa shape index (κ1) is 11.1. The lowest BCUT2D eigenvalue weighted by Gasteiger charge is -2.42. The molecule has 1 heterocycles. The van der Waals surface area contributed by atoms with Crippen molar-refractivity contribution in [2.45, 2.75) is 44.2 Å². The summed E-state index contributed by atoms with van der Waals surface area (Å²) in [6, 6.07) is 12.1. The van der Waals surface area contributed by atoms with E-state index in [2.05, 4.69) is 41.0 Å². The third kappa shape index (κ3) is 2.47. The average Bonchev–Trinajstić information content (AvgIpc) is 2.40. The molecular formula is C15H22N2. The number of para-hydroxylation sites is 1. The van der Waals surface area contributed by atoms with Gasteiger partial charge in [-0.1, -0.05) is 31.0 Å². The third-order valence-corrected chi connectivity index (χ3v) is 4.32. The predicted molar refractivity (Wildman–Crippen MR) is 72.2 cm³/mol. The van der Waals surface area contributed by atoms with Crippen molar-refractivity contribution >= 4 is 5.69 Å². The molecule has 1 saturated heterocycles. The van der Waals surface area contributed by atoms with Crippen LogP contribution in [0.2, 0.25) is 0 Å². The molecule has 92 valence electrons. The average molecular weight is 230 g/mol. The molecule has 3 atom stereocenters. The summed E-state index contributed by atoms with van der Waals surface area (Å²) >= 11 is 0.